The number of nitrogens with one attached hydrogen (secondary N) is 4. The predicted molar refractivity (Wildman–Crippen MR) is 200 cm³/mol. The van der Waals surface area contributed by atoms with Crippen molar-refractivity contribution in [3.05, 3.63) is 46.5 Å². The van der Waals surface area contributed by atoms with Crippen molar-refractivity contribution in [2.45, 2.75) is 81.1 Å². The molecule has 0 aromatic heterocycles. The lowest BCUT2D eigenvalue weighted by Crippen LogP contribution is -2.36. The van der Waals surface area contributed by atoms with Gasteiger partial charge >= 0.3 is 12.0 Å². The van der Waals surface area contributed by atoms with E-state index in [9.17, 15) is 29.4 Å². The summed E-state index contributed by atoms with van der Waals surface area (Å²) in [6, 6.07) is 1.28. The average molecular weight is 794 g/mol. The highest BCUT2D eigenvalue weighted by atomic mass is 35.5. The molecule has 4 aliphatic rings. The van der Waals surface area contributed by atoms with E-state index in [1.165, 1.54) is 0 Å². The average Bonchev–Trinajstić information content (AvgIpc) is 3.58. The molecule has 3 fully saturated rings. The Bertz CT molecular complexity index is 1590. The van der Waals surface area contributed by atoms with Crippen molar-refractivity contribution in [2.75, 3.05) is 51.9 Å². The van der Waals surface area contributed by atoms with Crippen LogP contribution in [0.1, 0.15) is 54.9 Å². The van der Waals surface area contributed by atoms with Gasteiger partial charge in [-0.1, -0.05) is 41.4 Å². The number of rotatable bonds is 17. The number of hydrogen-bond donors (Lipinski definition) is 6. The molecule has 0 spiro atoms. The van der Waals surface area contributed by atoms with Gasteiger partial charge in [-0.05, 0) is 31.4 Å². The number of phenols is 2. The number of nitrogens with zero attached hydrogens (tertiary/aromatic N) is 1. The van der Waals surface area contributed by atoms with E-state index in [2.05, 4.69) is 26.4 Å². The van der Waals surface area contributed by atoms with Crippen molar-refractivity contribution in [3.8, 4) is 11.5 Å². The van der Waals surface area contributed by atoms with Gasteiger partial charge in [0.25, 0.3) is 5.91 Å². The number of carbonyl (C=O) groups is 4. The quantitative estimate of drug-likeness (QED) is 0.0441. The van der Waals surface area contributed by atoms with E-state index in [0.29, 0.717) is 44.5 Å². The fraction of sp³-hybridized carbons (Fsp3) is 0.583. The summed E-state index contributed by atoms with van der Waals surface area (Å²) >= 11 is 8.24. The van der Waals surface area contributed by atoms with Gasteiger partial charge in [-0.25, -0.2) is 9.59 Å². The molecule has 1 aromatic rings. The molecule has 6 atom stereocenters. The Morgan fingerprint density at radius 3 is 2.57 bits per heavy atom. The minimum Gasteiger partial charge on any atom is -0.507 e. The molecule has 0 radical (unpaired) electrons. The number of thioether (sulfide) groups is 1. The summed E-state index contributed by atoms with van der Waals surface area (Å²) in [6.07, 6.45) is 9.61. The number of halogens is 1. The molecule has 4 amide bonds. The van der Waals surface area contributed by atoms with Gasteiger partial charge in [0.15, 0.2) is 6.61 Å². The molecular weight excluding hydrogens is 746 g/mol. The van der Waals surface area contributed by atoms with Crippen molar-refractivity contribution >= 4 is 52.9 Å². The predicted octanol–water partition coefficient (Wildman–Crippen LogP) is 2.49. The normalized spacial score (nSPS) is 25.4. The zero-order valence-corrected chi connectivity index (χ0v) is 31.6. The molecule has 54 heavy (non-hydrogen) atoms. The molecule has 1 aromatic carbocycles. The number of carbonyl (C=O) groups excluding carboxylic acids is 4. The number of oxime groups is 1. The Balaban J connectivity index is 0.938. The van der Waals surface area contributed by atoms with E-state index in [0.717, 1.165) is 31.1 Å². The first-order chi connectivity index (χ1) is 26.1. The maximum atomic E-state index is 13.1. The summed E-state index contributed by atoms with van der Waals surface area (Å²) in [7, 11) is 0. The highest BCUT2D eigenvalue weighted by Gasteiger charge is 2.42. The summed E-state index contributed by atoms with van der Waals surface area (Å²) in [4.78, 5) is 54.3. The highest BCUT2D eigenvalue weighted by molar-refractivity contribution is 8.00. The van der Waals surface area contributed by atoms with E-state index in [1.54, 1.807) is 25.2 Å². The number of phenolic OH excluding ortho intramolecular Hbond substituents is 2. The number of esters is 1. The minimum atomic E-state index is -0.821. The van der Waals surface area contributed by atoms with Crippen molar-refractivity contribution < 1.29 is 53.2 Å². The van der Waals surface area contributed by atoms with E-state index < -0.39 is 36.1 Å². The largest absolute Gasteiger partial charge is 0.507 e. The first kappa shape index (κ1) is 41.1. The van der Waals surface area contributed by atoms with Gasteiger partial charge < -0.3 is 55.3 Å². The monoisotopic (exact) mass is 793 g/mol. The number of epoxide rings is 1. The second-order valence-electron chi connectivity index (χ2n) is 13.2. The standard InChI is InChI=1S/C36H48ClN5O11S/c1-21-16-28-27(53-28)7-3-2-6-22(17-23-32(35(47)52-21)25(43)18-26(44)33(23)37)42-51-19-31(46)39-11-13-50-15-14-49-12-10-38-30(45)9-5-4-8-29-34-24(20-54-29)40-36(48)41-34/h2-3,6-7,18,21,24,27-29,34,43-44H,4-5,8-17,19-20H2,1H3,(H,38,45)(H,39,46)(H2,40,41,48)/t21-,24+,27-,28-,29+,34+/m1/s1. The van der Waals surface area contributed by atoms with Crippen LogP contribution in [0.4, 0.5) is 4.79 Å². The summed E-state index contributed by atoms with van der Waals surface area (Å²) in [6.45, 7) is 3.15. The molecule has 3 saturated heterocycles. The number of benzene rings is 1. The number of unbranched alkanes of at least 4 members (excludes halogenated alkanes) is 1. The van der Waals surface area contributed by atoms with Crippen LogP contribution < -0.4 is 21.3 Å². The third-order valence-corrected chi connectivity index (χ3v) is 11.0. The van der Waals surface area contributed by atoms with Crippen LogP contribution in [0.3, 0.4) is 0 Å². The molecule has 0 saturated carbocycles. The van der Waals surface area contributed by atoms with Gasteiger partial charge in [0, 0.05) is 49.4 Å². The molecule has 4 aliphatic heterocycles. The summed E-state index contributed by atoms with van der Waals surface area (Å²) in [5.41, 5.74) is 0.105. The zero-order chi connectivity index (χ0) is 38.5. The van der Waals surface area contributed by atoms with Gasteiger partial charge in [0.2, 0.25) is 5.91 Å². The van der Waals surface area contributed by atoms with Crippen LogP contribution in [0.5, 0.6) is 11.5 Å². The summed E-state index contributed by atoms with van der Waals surface area (Å²) in [5.74, 6) is -1.29. The lowest BCUT2D eigenvalue weighted by atomic mass is 9.99. The Kier molecular flexibility index (Phi) is 15.7. The Labute approximate surface area is 322 Å². The van der Waals surface area contributed by atoms with Crippen molar-refractivity contribution in [3.63, 3.8) is 0 Å². The molecular formula is C36H48ClN5O11S. The fourth-order valence-corrected chi connectivity index (χ4v) is 8.05. The van der Waals surface area contributed by atoms with Crippen molar-refractivity contribution in [1.82, 2.24) is 21.3 Å². The zero-order valence-electron chi connectivity index (χ0n) is 30.1. The first-order valence-corrected chi connectivity index (χ1v) is 19.5. The summed E-state index contributed by atoms with van der Waals surface area (Å²) < 4.78 is 22.1. The van der Waals surface area contributed by atoms with Crippen molar-refractivity contribution in [1.29, 1.82) is 0 Å². The van der Waals surface area contributed by atoms with E-state index in [4.69, 9.17) is 35.4 Å². The lowest BCUT2D eigenvalue weighted by molar-refractivity contribution is -0.126. The number of allylic oxidation sites excluding steroid dienone is 3. The second kappa shape index (κ2) is 20.6. The molecule has 4 heterocycles. The molecule has 0 bridgehead atoms. The van der Waals surface area contributed by atoms with Crippen LogP contribution in [0.2, 0.25) is 5.02 Å². The lowest BCUT2D eigenvalue weighted by Gasteiger charge is -2.17. The first-order valence-electron chi connectivity index (χ1n) is 18.1. The van der Waals surface area contributed by atoms with Crippen molar-refractivity contribution in [2.24, 2.45) is 5.16 Å². The molecule has 18 heteroatoms. The van der Waals surface area contributed by atoms with Gasteiger partial charge in [-0.15, -0.1) is 0 Å². The Morgan fingerprint density at radius 2 is 1.80 bits per heavy atom. The van der Waals surface area contributed by atoms with Crippen LogP contribution in [0.15, 0.2) is 35.5 Å². The molecule has 16 nitrogen and oxygen atoms in total. The van der Waals surface area contributed by atoms with Crippen LogP contribution in [0, 0.1) is 0 Å². The minimum absolute atomic E-state index is 0.0160. The number of hydrogen-bond acceptors (Lipinski definition) is 13. The number of aromatic hydroxyl groups is 2. The third-order valence-electron chi connectivity index (χ3n) is 9.05. The molecule has 0 unspecified atom stereocenters. The highest BCUT2D eigenvalue weighted by Crippen LogP contribution is 2.38. The van der Waals surface area contributed by atoms with Crippen LogP contribution in [-0.4, -0.2) is 127 Å². The Hall–Kier alpha value is -4.03. The Morgan fingerprint density at radius 1 is 1.04 bits per heavy atom. The van der Waals surface area contributed by atoms with Gasteiger partial charge in [0.05, 0.1) is 55.3 Å². The van der Waals surface area contributed by atoms with Gasteiger partial charge in [-0.2, -0.15) is 11.8 Å². The summed E-state index contributed by atoms with van der Waals surface area (Å²) in [5, 5.41) is 36.6. The maximum absolute atomic E-state index is 13.1. The number of amides is 4. The van der Waals surface area contributed by atoms with E-state index in [-0.39, 0.29) is 77.7 Å². The molecule has 296 valence electrons. The molecule has 5 rings (SSSR count). The topological polar surface area (TPSA) is 219 Å². The SMILES string of the molecule is C[C@@H]1C[C@H]2O[C@@H]2C=CC=CC(=NOCC(=O)NCCOCCOCCNC(=O)CCCC[C@@H]2SC[C@@H]3NC(=O)N[C@@H]32)Cc2c(Cl)c(O)cc(O)c2C(=O)O1. The van der Waals surface area contributed by atoms with Gasteiger partial charge in [-0.3, -0.25) is 9.59 Å². The second-order valence-corrected chi connectivity index (χ2v) is 14.9. The third kappa shape index (κ3) is 12.5. The smallest absolute Gasteiger partial charge is 0.342 e. The van der Waals surface area contributed by atoms with Crippen LogP contribution >= 0.6 is 23.4 Å². The fourth-order valence-electron chi connectivity index (χ4n) is 6.29. The van der Waals surface area contributed by atoms with Crippen LogP contribution in [-0.2, 0) is 39.8 Å². The van der Waals surface area contributed by atoms with E-state index in [1.807, 2.05) is 17.8 Å². The van der Waals surface area contributed by atoms with Gasteiger partial charge in [0.1, 0.15) is 29.3 Å². The number of fused-ring (bicyclic) bond motifs is 3. The number of urea groups is 1. The van der Waals surface area contributed by atoms with Crippen LogP contribution in [0.25, 0.3) is 0 Å². The molecule has 6 N–H and O–H groups in total. The molecule has 0 aliphatic carbocycles. The number of ether oxygens (including phenoxy) is 4. The maximum Gasteiger partial charge on any atom is 0.342 e. The number of cyclic esters (lactones) is 1. The van der Waals surface area contributed by atoms with E-state index >= 15 is 0 Å².